The number of carboxylic acid groups (broad SMARTS) is 1. The number of hydrogen-bond acceptors (Lipinski definition) is 8. The fourth-order valence-corrected chi connectivity index (χ4v) is 3.36. The van der Waals surface area contributed by atoms with E-state index in [1.54, 1.807) is 38.1 Å². The van der Waals surface area contributed by atoms with Crippen LogP contribution in [0, 0.1) is 0 Å². The minimum Gasteiger partial charge on any atom is -0.465 e. The molecule has 2 N–H and O–H groups in total. The molecule has 0 radical (unpaired) electrons. The number of carbonyl (C=O) groups is 3. The number of nitrogens with one attached hydrogen (secondary N) is 1. The molecule has 0 saturated heterocycles. The second-order valence-corrected chi connectivity index (χ2v) is 7.75. The van der Waals surface area contributed by atoms with Gasteiger partial charge in [0.2, 0.25) is 0 Å². The molecular weight excluding hydrogens is 468 g/mol. The molecule has 1 aromatic carbocycles. The van der Waals surface area contributed by atoms with E-state index in [1.807, 2.05) is 6.07 Å². The first-order valence-corrected chi connectivity index (χ1v) is 10.7. The van der Waals surface area contributed by atoms with Gasteiger partial charge in [0.15, 0.2) is 0 Å². The van der Waals surface area contributed by atoms with Gasteiger partial charge in [-0.1, -0.05) is 30.3 Å². The van der Waals surface area contributed by atoms with Crippen LogP contribution in [-0.2, 0) is 19.1 Å². The Morgan fingerprint density at radius 1 is 1.03 bits per heavy atom. The number of nitrogens with zero attached hydrogens (tertiary/aromatic N) is 3. The molecule has 3 aromatic rings. The maximum Gasteiger partial charge on any atom is 0.409 e. The second kappa shape index (κ2) is 11.1. The Morgan fingerprint density at radius 3 is 2.22 bits per heavy atom. The van der Waals surface area contributed by atoms with Gasteiger partial charge >= 0.3 is 18.0 Å². The van der Waals surface area contributed by atoms with Crippen LogP contribution in [0.4, 0.5) is 10.5 Å². The van der Waals surface area contributed by atoms with Crippen molar-refractivity contribution in [2.45, 2.75) is 19.9 Å². The normalized spacial score (nSPS) is 10.5. The quantitative estimate of drug-likeness (QED) is 0.219. The van der Waals surface area contributed by atoms with Gasteiger partial charge in [-0.25, -0.2) is 24.0 Å². The van der Waals surface area contributed by atoms with Gasteiger partial charge in [-0.15, -0.1) is 0 Å². The maximum absolute atomic E-state index is 12.3. The van der Waals surface area contributed by atoms with Crippen LogP contribution in [0.5, 0.6) is 0 Å². The molecule has 0 bridgehead atoms. The molecule has 186 valence electrons. The first-order chi connectivity index (χ1) is 17.2. The minimum absolute atomic E-state index is 0.0356. The number of hydrogen-bond donors (Lipinski definition) is 2. The van der Waals surface area contributed by atoms with E-state index in [0.717, 1.165) is 20.3 Å². The van der Waals surface area contributed by atoms with E-state index in [1.165, 1.54) is 22.9 Å². The summed E-state index contributed by atoms with van der Waals surface area (Å²) in [6.45, 7) is 3.61. The fraction of sp³-hybridized carbons (Fsp3) is 0.200. The van der Waals surface area contributed by atoms with Gasteiger partial charge in [-0.2, -0.15) is 5.10 Å². The highest BCUT2D eigenvalue weighted by molar-refractivity contribution is 6.18. The van der Waals surface area contributed by atoms with Crippen molar-refractivity contribution in [1.82, 2.24) is 14.8 Å². The zero-order valence-corrected chi connectivity index (χ0v) is 20.0. The summed E-state index contributed by atoms with van der Waals surface area (Å²) < 4.78 is 10.6. The molecule has 0 aliphatic heterocycles. The van der Waals surface area contributed by atoms with E-state index in [-0.39, 0.29) is 23.0 Å². The summed E-state index contributed by atoms with van der Waals surface area (Å²) in [4.78, 5) is 52.9. The molecule has 0 atom stereocenters. The molecule has 11 nitrogen and oxygen atoms in total. The van der Waals surface area contributed by atoms with Gasteiger partial charge < -0.3 is 14.6 Å². The van der Waals surface area contributed by atoms with E-state index in [9.17, 15) is 24.3 Å². The largest absolute Gasteiger partial charge is 0.465 e. The lowest BCUT2D eigenvalue weighted by molar-refractivity contribution is -0.143. The third-order valence-electron chi connectivity index (χ3n) is 5.02. The Bertz CT molecular complexity index is 1380. The first-order valence-electron chi connectivity index (χ1n) is 10.7. The second-order valence-electron chi connectivity index (χ2n) is 7.75. The Kier molecular flexibility index (Phi) is 7.95. The topological polar surface area (TPSA) is 150 Å². The minimum atomic E-state index is -1.40. The van der Waals surface area contributed by atoms with Gasteiger partial charge in [-0.05, 0) is 32.1 Å². The molecule has 0 aliphatic rings. The van der Waals surface area contributed by atoms with Crippen LogP contribution >= 0.6 is 0 Å². The average molecular weight is 492 g/mol. The van der Waals surface area contributed by atoms with E-state index in [4.69, 9.17) is 0 Å². The third-order valence-corrected chi connectivity index (χ3v) is 5.02. The molecule has 0 unspecified atom stereocenters. The Morgan fingerprint density at radius 2 is 1.67 bits per heavy atom. The SMILES string of the molecule is COC(=O)C(=Cc1nc(-c2ccccc2)c(-c2ccc(=O)n(C(C)C)n2)cc1NC(=O)O)C(=O)OC. The number of pyridine rings is 1. The molecule has 11 heteroatoms. The van der Waals surface area contributed by atoms with Crippen molar-refractivity contribution < 1.29 is 29.0 Å². The number of methoxy groups -OCH3 is 2. The predicted octanol–water partition coefficient (Wildman–Crippen LogP) is 3.37. The molecule has 0 spiro atoms. The first kappa shape index (κ1) is 25.8. The number of ether oxygens (including phenoxy) is 2. The lowest BCUT2D eigenvalue weighted by Crippen LogP contribution is -2.24. The molecule has 36 heavy (non-hydrogen) atoms. The van der Waals surface area contributed by atoms with E-state index < -0.39 is 23.6 Å². The van der Waals surface area contributed by atoms with Crippen LogP contribution < -0.4 is 10.9 Å². The van der Waals surface area contributed by atoms with Gasteiger partial charge in [0, 0.05) is 17.2 Å². The van der Waals surface area contributed by atoms with Gasteiger partial charge in [0.1, 0.15) is 5.57 Å². The van der Waals surface area contributed by atoms with Crippen LogP contribution in [0.25, 0.3) is 28.6 Å². The van der Waals surface area contributed by atoms with Crippen LogP contribution in [0.15, 0.2) is 58.9 Å². The van der Waals surface area contributed by atoms with Crippen molar-refractivity contribution >= 4 is 29.8 Å². The summed E-state index contributed by atoms with van der Waals surface area (Å²) in [5.41, 5.74) is 0.925. The van der Waals surface area contributed by atoms with Crippen molar-refractivity contribution in [1.29, 1.82) is 0 Å². The Labute approximate surface area is 206 Å². The van der Waals surface area contributed by atoms with Gasteiger partial charge in [0.05, 0.1) is 43.0 Å². The molecule has 1 amide bonds. The maximum atomic E-state index is 12.3. The van der Waals surface area contributed by atoms with Crippen LogP contribution in [0.3, 0.4) is 0 Å². The van der Waals surface area contributed by atoms with E-state index in [2.05, 4.69) is 24.9 Å². The highest BCUT2D eigenvalue weighted by Gasteiger charge is 2.23. The number of esters is 2. The Balaban J connectivity index is 2.39. The molecule has 0 saturated carbocycles. The highest BCUT2D eigenvalue weighted by atomic mass is 16.5. The number of amides is 1. The standard InChI is InChI=1S/C25H24N4O7/c1-14(2)29-21(30)11-10-18(28-29)16-12-20(27-25(33)34)19(13-17(23(31)35-3)24(32)36-4)26-22(16)15-8-6-5-7-9-15/h5-14,27H,1-4H3,(H,33,34). The number of aromatic nitrogens is 3. The fourth-order valence-electron chi connectivity index (χ4n) is 3.36. The van der Waals surface area contributed by atoms with E-state index >= 15 is 0 Å². The zero-order valence-electron chi connectivity index (χ0n) is 20.0. The number of benzene rings is 1. The third kappa shape index (κ3) is 5.63. The summed E-state index contributed by atoms with van der Waals surface area (Å²) in [5.74, 6) is -1.97. The molecule has 2 heterocycles. The van der Waals surface area contributed by atoms with Gasteiger partial charge in [-0.3, -0.25) is 10.1 Å². The number of rotatable bonds is 7. The summed E-state index contributed by atoms with van der Waals surface area (Å²) in [7, 11) is 2.19. The molecule has 2 aromatic heterocycles. The summed E-state index contributed by atoms with van der Waals surface area (Å²) in [6, 6.07) is 13.1. The van der Waals surface area contributed by atoms with Crippen molar-refractivity contribution in [2.75, 3.05) is 19.5 Å². The summed E-state index contributed by atoms with van der Waals surface area (Å²) in [5, 5.41) is 16.1. The Hall–Kier alpha value is -4.80. The number of anilines is 1. The lowest BCUT2D eigenvalue weighted by Gasteiger charge is -2.16. The van der Waals surface area contributed by atoms with Crippen molar-refractivity contribution in [3.63, 3.8) is 0 Å². The molecular formula is C25H24N4O7. The van der Waals surface area contributed by atoms with Crippen LogP contribution in [0.1, 0.15) is 25.6 Å². The molecule has 0 aliphatic carbocycles. The zero-order chi connectivity index (χ0) is 26.4. The highest BCUT2D eigenvalue weighted by Crippen LogP contribution is 2.34. The summed E-state index contributed by atoms with van der Waals surface area (Å²) in [6.07, 6.45) is -0.315. The summed E-state index contributed by atoms with van der Waals surface area (Å²) >= 11 is 0. The lowest BCUT2D eigenvalue weighted by atomic mass is 10.0. The molecule has 3 rings (SSSR count). The van der Waals surface area contributed by atoms with Crippen molar-refractivity contribution in [3.8, 4) is 22.5 Å². The van der Waals surface area contributed by atoms with E-state index in [0.29, 0.717) is 22.5 Å². The average Bonchev–Trinajstić information content (AvgIpc) is 2.87. The monoisotopic (exact) mass is 492 g/mol. The number of carbonyl (C=O) groups excluding carboxylic acids is 2. The molecule has 0 fully saturated rings. The van der Waals surface area contributed by atoms with Gasteiger partial charge in [0.25, 0.3) is 5.56 Å². The van der Waals surface area contributed by atoms with Crippen molar-refractivity contribution in [3.05, 3.63) is 70.2 Å². The smallest absolute Gasteiger partial charge is 0.409 e. The predicted molar refractivity (Wildman–Crippen MR) is 131 cm³/mol. The van der Waals surface area contributed by atoms with Crippen molar-refractivity contribution in [2.24, 2.45) is 0 Å². The van der Waals surface area contributed by atoms with Crippen LogP contribution in [-0.4, -0.2) is 52.1 Å². The van der Waals surface area contributed by atoms with Crippen LogP contribution in [0.2, 0.25) is 0 Å².